The summed E-state index contributed by atoms with van der Waals surface area (Å²) in [6.45, 7) is 3.44. The van der Waals surface area contributed by atoms with E-state index in [1.54, 1.807) is 26.0 Å². The molecule has 24 heavy (non-hydrogen) atoms. The van der Waals surface area contributed by atoms with Crippen LogP contribution in [0, 0.1) is 5.92 Å². The van der Waals surface area contributed by atoms with Gasteiger partial charge < -0.3 is 0 Å². The minimum absolute atomic E-state index is 0.167. The van der Waals surface area contributed by atoms with Crippen molar-refractivity contribution in [1.82, 2.24) is 0 Å². The van der Waals surface area contributed by atoms with Gasteiger partial charge in [0.2, 0.25) is 5.24 Å². The predicted molar refractivity (Wildman–Crippen MR) is 101 cm³/mol. The van der Waals surface area contributed by atoms with E-state index in [0.717, 1.165) is 5.56 Å². The molecular formula is C17H16Cl4O3. The molecule has 0 saturated carbocycles. The van der Waals surface area contributed by atoms with E-state index >= 15 is 0 Å². The molecule has 1 aromatic rings. The lowest BCUT2D eigenvalue weighted by molar-refractivity contribution is -0.115. The van der Waals surface area contributed by atoms with Crippen molar-refractivity contribution in [1.29, 1.82) is 0 Å². The lowest BCUT2D eigenvalue weighted by Crippen LogP contribution is -2.13. The van der Waals surface area contributed by atoms with Crippen LogP contribution in [-0.4, -0.2) is 21.1 Å². The number of allylic oxidation sites excluding steroid dienone is 3. The zero-order valence-corrected chi connectivity index (χ0v) is 16.0. The van der Waals surface area contributed by atoms with Crippen LogP contribution in [-0.2, 0) is 14.4 Å². The van der Waals surface area contributed by atoms with Crippen LogP contribution < -0.4 is 0 Å². The lowest BCUT2D eigenvalue weighted by Gasteiger charge is -2.05. The molecule has 1 rings (SSSR count). The molecule has 0 aliphatic carbocycles. The predicted octanol–water partition coefficient (Wildman–Crippen LogP) is 5.17. The Bertz CT molecular complexity index is 606. The van der Waals surface area contributed by atoms with Gasteiger partial charge in [-0.2, -0.15) is 0 Å². The van der Waals surface area contributed by atoms with E-state index in [4.69, 9.17) is 46.4 Å². The van der Waals surface area contributed by atoms with E-state index in [-0.39, 0.29) is 22.1 Å². The largest absolute Gasteiger partial charge is 0.281 e. The number of halogens is 4. The molecule has 130 valence electrons. The first-order valence-corrected chi connectivity index (χ1v) is 8.40. The van der Waals surface area contributed by atoms with Crippen LogP contribution in [0.2, 0.25) is 0 Å². The number of benzene rings is 1. The van der Waals surface area contributed by atoms with Crippen LogP contribution in [0.1, 0.15) is 19.4 Å². The molecule has 0 spiro atoms. The fourth-order valence-electron chi connectivity index (χ4n) is 1.21. The van der Waals surface area contributed by atoms with Crippen molar-refractivity contribution < 1.29 is 14.4 Å². The van der Waals surface area contributed by atoms with Crippen LogP contribution >= 0.6 is 46.4 Å². The summed E-state index contributed by atoms with van der Waals surface area (Å²) in [7, 11) is 0. The van der Waals surface area contributed by atoms with Crippen molar-refractivity contribution in [2.24, 2.45) is 5.92 Å². The van der Waals surface area contributed by atoms with Gasteiger partial charge in [0.25, 0.3) is 10.5 Å². The Hall–Kier alpha value is -1.13. The Balaban J connectivity index is 0.000000561. The smallest absolute Gasteiger partial charge is 0.257 e. The average molecular weight is 410 g/mol. The van der Waals surface area contributed by atoms with E-state index in [2.05, 4.69) is 0 Å². The van der Waals surface area contributed by atoms with Gasteiger partial charge in [0, 0.05) is 11.3 Å². The second kappa shape index (κ2) is 12.3. The lowest BCUT2D eigenvalue weighted by atomic mass is 10.1. The summed E-state index contributed by atoms with van der Waals surface area (Å²) in [5.74, 6) is -0.238. The number of rotatable bonds is 6. The zero-order valence-electron chi connectivity index (χ0n) is 13.0. The fraction of sp³-hybridized carbons (Fsp3) is 0.235. The van der Waals surface area contributed by atoms with Gasteiger partial charge in [-0.15, -0.1) is 11.6 Å². The molecule has 3 nitrogen and oxygen atoms in total. The molecule has 0 radical (unpaired) electrons. The Kier molecular flexibility index (Phi) is 11.7. The zero-order chi connectivity index (χ0) is 18.7. The monoisotopic (exact) mass is 408 g/mol. The van der Waals surface area contributed by atoms with Gasteiger partial charge in [0.05, 0.1) is 5.57 Å². The molecule has 0 aliphatic rings. The maximum Gasteiger partial charge on any atom is 0.257 e. The molecule has 0 saturated heterocycles. The van der Waals surface area contributed by atoms with Crippen LogP contribution in [0.5, 0.6) is 0 Å². The average Bonchev–Trinajstić information content (AvgIpc) is 2.51. The molecule has 0 aromatic heterocycles. The van der Waals surface area contributed by atoms with Crippen molar-refractivity contribution in [2.75, 3.05) is 0 Å². The summed E-state index contributed by atoms with van der Waals surface area (Å²) in [6, 6.07) is 9.42. The number of carbonyl (C=O) groups is 3. The normalized spacial score (nSPS) is 12.6. The molecule has 0 heterocycles. The third kappa shape index (κ3) is 9.89. The van der Waals surface area contributed by atoms with Gasteiger partial charge in [-0.1, -0.05) is 49.4 Å². The SMILES string of the molecule is CC(Cl)C(C)C(=O)Cl.O=C(Cl)C(=CC=Cc1ccccc1)C(=O)Cl. The topological polar surface area (TPSA) is 51.2 Å². The van der Waals surface area contributed by atoms with Gasteiger partial charge in [-0.25, -0.2) is 0 Å². The number of hydrogen-bond donors (Lipinski definition) is 0. The Labute approximate surface area is 161 Å². The molecule has 0 bridgehead atoms. The molecule has 0 fully saturated rings. The third-order valence-electron chi connectivity index (χ3n) is 2.82. The third-order valence-corrected chi connectivity index (χ3v) is 3.95. The molecule has 1 aromatic carbocycles. The van der Waals surface area contributed by atoms with Crippen LogP contribution in [0.3, 0.4) is 0 Å². The minimum atomic E-state index is -0.863. The fourth-order valence-corrected chi connectivity index (χ4v) is 1.92. The first-order valence-electron chi connectivity index (χ1n) is 6.83. The standard InChI is InChI=1S/C12H8Cl2O2.C5H8Cl2O/c13-11(15)10(12(14)16)8-4-7-9-5-2-1-3-6-9;1-3(4(2)6)5(7)8/h1-8H;3-4H,1-2H3. The van der Waals surface area contributed by atoms with Gasteiger partial charge in [-0.05, 0) is 53.4 Å². The van der Waals surface area contributed by atoms with Crippen molar-refractivity contribution in [3.05, 3.63) is 53.6 Å². The van der Waals surface area contributed by atoms with Crippen molar-refractivity contribution >= 4 is 68.2 Å². The maximum atomic E-state index is 10.8. The van der Waals surface area contributed by atoms with E-state index in [0.29, 0.717) is 0 Å². The highest BCUT2D eigenvalue weighted by molar-refractivity contribution is 6.79. The quantitative estimate of drug-likeness (QED) is 0.162. The summed E-state index contributed by atoms with van der Waals surface area (Å²) in [5, 5.41) is -2.26. The van der Waals surface area contributed by atoms with E-state index in [9.17, 15) is 14.4 Å². The molecule has 2 unspecified atom stereocenters. The summed E-state index contributed by atoms with van der Waals surface area (Å²) in [6.07, 6.45) is 4.57. The van der Waals surface area contributed by atoms with Crippen molar-refractivity contribution in [3.8, 4) is 0 Å². The van der Waals surface area contributed by atoms with Gasteiger partial charge in [-0.3, -0.25) is 14.4 Å². The highest BCUT2D eigenvalue weighted by Crippen LogP contribution is 2.11. The molecule has 7 heteroatoms. The van der Waals surface area contributed by atoms with E-state index in [1.165, 1.54) is 6.08 Å². The summed E-state index contributed by atoms with van der Waals surface area (Å²) in [5.41, 5.74) is 0.706. The maximum absolute atomic E-state index is 10.8. The number of alkyl halides is 1. The second-order valence-electron chi connectivity index (χ2n) is 4.67. The molecule has 0 amide bonds. The summed E-state index contributed by atoms with van der Waals surface area (Å²) < 4.78 is 0. The molecule has 0 aliphatic heterocycles. The number of hydrogen-bond acceptors (Lipinski definition) is 3. The van der Waals surface area contributed by atoms with Crippen molar-refractivity contribution in [2.45, 2.75) is 19.2 Å². The molecular weight excluding hydrogens is 394 g/mol. The Morgan fingerprint density at radius 3 is 1.79 bits per heavy atom. The summed E-state index contributed by atoms with van der Waals surface area (Å²) >= 11 is 21.0. The summed E-state index contributed by atoms with van der Waals surface area (Å²) in [4.78, 5) is 31.8. The van der Waals surface area contributed by atoms with Gasteiger partial charge in [0.1, 0.15) is 0 Å². The van der Waals surface area contributed by atoms with Gasteiger partial charge >= 0.3 is 0 Å². The first kappa shape index (κ1) is 22.9. The highest BCUT2D eigenvalue weighted by atomic mass is 35.5. The van der Waals surface area contributed by atoms with Crippen LogP contribution in [0.25, 0.3) is 6.08 Å². The van der Waals surface area contributed by atoms with Crippen LogP contribution in [0.4, 0.5) is 0 Å². The Morgan fingerprint density at radius 2 is 1.46 bits per heavy atom. The Morgan fingerprint density at radius 1 is 0.958 bits per heavy atom. The van der Waals surface area contributed by atoms with E-state index < -0.39 is 10.5 Å². The molecule has 0 N–H and O–H groups in total. The van der Waals surface area contributed by atoms with E-state index in [1.807, 2.05) is 30.3 Å². The first-order chi connectivity index (χ1) is 11.2. The molecule has 2 atom stereocenters. The van der Waals surface area contributed by atoms with Gasteiger partial charge in [0.15, 0.2) is 0 Å². The number of carbonyl (C=O) groups excluding carboxylic acids is 3. The van der Waals surface area contributed by atoms with Crippen LogP contribution in [0.15, 0.2) is 48.1 Å². The van der Waals surface area contributed by atoms with Crippen molar-refractivity contribution in [3.63, 3.8) is 0 Å². The second-order valence-corrected chi connectivity index (χ2v) is 6.42. The highest BCUT2D eigenvalue weighted by Gasteiger charge is 2.14. The minimum Gasteiger partial charge on any atom is -0.281 e.